The normalized spacial score (nSPS) is 11.1. The fourth-order valence-corrected chi connectivity index (χ4v) is 4.29. The maximum atomic E-state index is 13.3. The van der Waals surface area contributed by atoms with E-state index in [1.807, 2.05) is 0 Å². The van der Waals surface area contributed by atoms with E-state index in [0.29, 0.717) is 12.2 Å². The second-order valence-corrected chi connectivity index (χ2v) is 7.67. The van der Waals surface area contributed by atoms with Crippen LogP contribution in [0.25, 0.3) is 10.2 Å². The summed E-state index contributed by atoms with van der Waals surface area (Å²) < 4.78 is 2.77. The molecule has 0 radical (unpaired) electrons. The lowest BCUT2D eigenvalue weighted by atomic mass is 10.1. The van der Waals surface area contributed by atoms with Gasteiger partial charge in [0.25, 0.3) is 5.91 Å². The lowest BCUT2D eigenvalue weighted by Gasteiger charge is -2.24. The standard InChI is InChI=1S/C20H27N5OS.ClH/c1-6-24(7-2)12-13-25(19(26)16-10-11-21-23(16)5)20-22-17-14(3)8-9-15(4)18(17)27-20;/h8-11H,6-7,12-13H2,1-5H3;1H. The zero-order valence-electron chi connectivity index (χ0n) is 17.1. The van der Waals surface area contributed by atoms with Crippen molar-refractivity contribution in [1.82, 2.24) is 19.7 Å². The molecule has 1 aromatic carbocycles. The maximum absolute atomic E-state index is 13.3. The van der Waals surface area contributed by atoms with Crippen LogP contribution in [0, 0.1) is 13.8 Å². The number of carbonyl (C=O) groups excluding carboxylic acids is 1. The van der Waals surface area contributed by atoms with Crippen LogP contribution in [0.4, 0.5) is 5.13 Å². The van der Waals surface area contributed by atoms with E-state index in [4.69, 9.17) is 4.98 Å². The van der Waals surface area contributed by atoms with Gasteiger partial charge in [-0.3, -0.25) is 14.4 Å². The summed E-state index contributed by atoms with van der Waals surface area (Å²) >= 11 is 1.59. The largest absolute Gasteiger partial charge is 0.302 e. The number of hydrogen-bond donors (Lipinski definition) is 0. The van der Waals surface area contributed by atoms with Gasteiger partial charge in [-0.25, -0.2) is 4.98 Å². The highest BCUT2D eigenvalue weighted by molar-refractivity contribution is 7.22. The van der Waals surface area contributed by atoms with Crippen molar-refractivity contribution in [2.45, 2.75) is 27.7 Å². The molecule has 0 N–H and O–H groups in total. The molecule has 2 aromatic heterocycles. The number of benzene rings is 1. The summed E-state index contributed by atoms with van der Waals surface area (Å²) in [5.74, 6) is -0.0588. The molecule has 8 heteroatoms. The van der Waals surface area contributed by atoms with Crippen LogP contribution in [-0.4, -0.2) is 51.8 Å². The molecule has 0 unspecified atom stereocenters. The first-order valence-electron chi connectivity index (χ1n) is 9.35. The fraction of sp³-hybridized carbons (Fsp3) is 0.450. The van der Waals surface area contributed by atoms with E-state index in [-0.39, 0.29) is 18.3 Å². The lowest BCUT2D eigenvalue weighted by molar-refractivity contribution is 0.0974. The number of fused-ring (bicyclic) bond motifs is 1. The molecule has 3 rings (SSSR count). The Morgan fingerprint density at radius 3 is 2.36 bits per heavy atom. The summed E-state index contributed by atoms with van der Waals surface area (Å²) in [4.78, 5) is 22.2. The smallest absolute Gasteiger partial charge is 0.278 e. The molecule has 6 nitrogen and oxygen atoms in total. The number of halogens is 1. The average Bonchev–Trinajstić information content (AvgIpc) is 3.29. The van der Waals surface area contributed by atoms with E-state index in [1.165, 1.54) is 5.56 Å². The van der Waals surface area contributed by atoms with Crippen molar-refractivity contribution in [2.24, 2.45) is 7.05 Å². The van der Waals surface area contributed by atoms with Crippen LogP contribution in [0.3, 0.4) is 0 Å². The Kier molecular flexibility index (Phi) is 7.57. The molecule has 0 aliphatic carbocycles. The third kappa shape index (κ3) is 4.37. The van der Waals surface area contributed by atoms with Crippen LogP contribution in [-0.2, 0) is 7.05 Å². The molecule has 0 atom stereocenters. The zero-order valence-corrected chi connectivity index (χ0v) is 18.7. The molecule has 0 bridgehead atoms. The molecule has 0 aliphatic rings. The number of nitrogens with zero attached hydrogens (tertiary/aromatic N) is 5. The van der Waals surface area contributed by atoms with Crippen LogP contribution in [0.15, 0.2) is 24.4 Å². The van der Waals surface area contributed by atoms with Crippen LogP contribution in [0.5, 0.6) is 0 Å². The summed E-state index contributed by atoms with van der Waals surface area (Å²) in [7, 11) is 1.79. The number of carbonyl (C=O) groups is 1. The van der Waals surface area contributed by atoms with Crippen LogP contribution >= 0.6 is 23.7 Å². The summed E-state index contributed by atoms with van der Waals surface area (Å²) in [6.45, 7) is 11.8. The summed E-state index contributed by atoms with van der Waals surface area (Å²) in [6.07, 6.45) is 1.66. The number of aromatic nitrogens is 3. The van der Waals surface area contributed by atoms with Crippen molar-refractivity contribution in [1.29, 1.82) is 0 Å². The number of amides is 1. The van der Waals surface area contributed by atoms with Gasteiger partial charge >= 0.3 is 0 Å². The van der Waals surface area contributed by atoms with Gasteiger partial charge in [-0.05, 0) is 44.1 Å². The number of anilines is 1. The Morgan fingerprint density at radius 1 is 1.11 bits per heavy atom. The van der Waals surface area contributed by atoms with E-state index >= 15 is 0 Å². The minimum atomic E-state index is -0.0588. The summed E-state index contributed by atoms with van der Waals surface area (Å²) in [6, 6.07) is 5.96. The minimum absolute atomic E-state index is 0. The van der Waals surface area contributed by atoms with Crippen molar-refractivity contribution < 1.29 is 4.79 Å². The highest BCUT2D eigenvalue weighted by Crippen LogP contribution is 2.33. The first-order valence-corrected chi connectivity index (χ1v) is 10.2. The molecule has 0 saturated carbocycles. The number of hydrogen-bond acceptors (Lipinski definition) is 5. The van der Waals surface area contributed by atoms with Gasteiger partial charge in [0.05, 0.1) is 10.2 Å². The second kappa shape index (κ2) is 9.49. The quantitative estimate of drug-likeness (QED) is 0.577. The van der Waals surface area contributed by atoms with Crippen LogP contribution in [0.2, 0.25) is 0 Å². The van der Waals surface area contributed by atoms with Gasteiger partial charge in [-0.15, -0.1) is 12.4 Å². The first kappa shape index (κ1) is 22.3. The molecule has 0 fully saturated rings. The molecule has 3 aromatic rings. The van der Waals surface area contributed by atoms with Gasteiger partial charge in [-0.2, -0.15) is 5.10 Å². The average molecular weight is 422 g/mol. The molecule has 28 heavy (non-hydrogen) atoms. The van der Waals surface area contributed by atoms with Crippen molar-refractivity contribution in [3.63, 3.8) is 0 Å². The zero-order chi connectivity index (χ0) is 19.6. The van der Waals surface area contributed by atoms with Gasteiger partial charge in [0.2, 0.25) is 0 Å². The molecular formula is C20H28ClN5OS. The highest BCUT2D eigenvalue weighted by atomic mass is 35.5. The third-order valence-corrected chi connectivity index (χ3v) is 6.19. The van der Waals surface area contributed by atoms with Gasteiger partial charge in [0.1, 0.15) is 5.69 Å². The van der Waals surface area contributed by atoms with Gasteiger partial charge < -0.3 is 4.90 Å². The topological polar surface area (TPSA) is 54.3 Å². The molecule has 2 heterocycles. The Morgan fingerprint density at radius 2 is 1.79 bits per heavy atom. The number of aryl methyl sites for hydroxylation is 3. The Hall–Kier alpha value is -1.96. The molecule has 152 valence electrons. The number of likely N-dealkylation sites (N-methyl/N-ethyl adjacent to an activating group) is 1. The molecule has 0 aliphatic heterocycles. The molecule has 0 saturated heterocycles. The van der Waals surface area contributed by atoms with E-state index in [1.54, 1.807) is 40.2 Å². The highest BCUT2D eigenvalue weighted by Gasteiger charge is 2.24. The predicted molar refractivity (Wildman–Crippen MR) is 119 cm³/mol. The minimum Gasteiger partial charge on any atom is -0.302 e. The van der Waals surface area contributed by atoms with Gasteiger partial charge in [0.15, 0.2) is 5.13 Å². The first-order chi connectivity index (χ1) is 13.0. The van der Waals surface area contributed by atoms with E-state index in [9.17, 15) is 4.79 Å². The molecular weight excluding hydrogens is 394 g/mol. The van der Waals surface area contributed by atoms with Gasteiger partial charge in [0, 0.05) is 26.3 Å². The second-order valence-electron chi connectivity index (χ2n) is 6.70. The Bertz CT molecular complexity index is 908. The Labute approximate surface area is 176 Å². The Balaban J connectivity index is 0.00000280. The molecule has 0 spiro atoms. The van der Waals surface area contributed by atoms with Crippen molar-refractivity contribution in [3.05, 3.63) is 41.2 Å². The van der Waals surface area contributed by atoms with Crippen molar-refractivity contribution >= 4 is 45.0 Å². The lowest BCUT2D eigenvalue weighted by Crippen LogP contribution is -2.39. The maximum Gasteiger partial charge on any atom is 0.278 e. The van der Waals surface area contributed by atoms with Crippen molar-refractivity contribution in [3.8, 4) is 0 Å². The van der Waals surface area contributed by atoms with Crippen LogP contribution in [0.1, 0.15) is 35.5 Å². The third-order valence-electron chi connectivity index (χ3n) is 4.98. The summed E-state index contributed by atoms with van der Waals surface area (Å²) in [5, 5.41) is 4.90. The van der Waals surface area contributed by atoms with Crippen molar-refractivity contribution in [2.75, 3.05) is 31.1 Å². The van der Waals surface area contributed by atoms with E-state index in [0.717, 1.165) is 40.5 Å². The predicted octanol–water partition coefficient (Wildman–Crippen LogP) is 4.06. The SMILES string of the molecule is CCN(CC)CCN(C(=O)c1ccnn1C)c1nc2c(C)ccc(C)c2s1.Cl. The fourth-order valence-electron chi connectivity index (χ4n) is 3.15. The van der Waals surface area contributed by atoms with Gasteiger partial charge in [-0.1, -0.05) is 37.3 Å². The van der Waals surface area contributed by atoms with Crippen LogP contribution < -0.4 is 4.90 Å². The molecule has 1 amide bonds. The number of thiazole rings is 1. The van der Waals surface area contributed by atoms with E-state index < -0.39 is 0 Å². The monoisotopic (exact) mass is 421 g/mol. The number of rotatable bonds is 7. The summed E-state index contributed by atoms with van der Waals surface area (Å²) in [5.41, 5.74) is 3.88. The van der Waals surface area contributed by atoms with E-state index in [2.05, 4.69) is 49.8 Å².